The second-order valence-electron chi connectivity index (χ2n) is 5.67. The first-order chi connectivity index (χ1) is 11.8. The van der Waals surface area contributed by atoms with Crippen LogP contribution in [0.2, 0.25) is 0 Å². The molecular formula is C18H16O6S. The van der Waals surface area contributed by atoms with Gasteiger partial charge in [-0.25, -0.2) is 13.2 Å². The summed E-state index contributed by atoms with van der Waals surface area (Å²) in [6.07, 6.45) is 0.550. The fraction of sp³-hybridized carbons (Fsp3) is 0.222. The largest absolute Gasteiger partial charge is 0.478 e. The lowest BCUT2D eigenvalue weighted by Crippen LogP contribution is -2.10. The molecule has 1 heterocycles. The molecule has 2 aromatic carbocycles. The van der Waals surface area contributed by atoms with Gasteiger partial charge in [0, 0.05) is 0 Å². The third-order valence-electron chi connectivity index (χ3n) is 4.17. The topological polar surface area (TPSA) is 102 Å². The zero-order valence-electron chi connectivity index (χ0n) is 13.7. The number of rotatable bonds is 4. The first-order valence-corrected chi connectivity index (χ1v) is 9.43. The van der Waals surface area contributed by atoms with E-state index >= 15 is 0 Å². The lowest BCUT2D eigenvalue weighted by Gasteiger charge is -2.10. The highest BCUT2D eigenvalue weighted by molar-refractivity contribution is 7.91. The molecule has 0 unspecified atom stereocenters. The van der Waals surface area contributed by atoms with E-state index in [4.69, 9.17) is 9.52 Å². The van der Waals surface area contributed by atoms with E-state index in [9.17, 15) is 18.0 Å². The van der Waals surface area contributed by atoms with Gasteiger partial charge in [0.1, 0.15) is 10.5 Å². The number of fused-ring (bicyclic) bond motifs is 2. The minimum atomic E-state index is -3.59. The molecule has 1 N–H and O–H groups in total. The molecule has 0 aliphatic heterocycles. The Morgan fingerprint density at radius 1 is 1.12 bits per heavy atom. The molecule has 7 heteroatoms. The zero-order valence-corrected chi connectivity index (χ0v) is 14.5. The highest BCUT2D eigenvalue weighted by atomic mass is 32.2. The number of aromatic carboxylic acids is 1. The van der Waals surface area contributed by atoms with E-state index in [2.05, 4.69) is 0 Å². The van der Waals surface area contributed by atoms with E-state index in [1.165, 1.54) is 31.2 Å². The Bertz CT molecular complexity index is 1170. The molecule has 0 saturated carbocycles. The summed E-state index contributed by atoms with van der Waals surface area (Å²) in [4.78, 5) is 24.0. The first kappa shape index (κ1) is 17.2. The Morgan fingerprint density at radius 2 is 1.84 bits per heavy atom. The SMILES string of the molecule is CCc1cc(S(=O)(=O)CC)c2oc3ccc(C(=O)O)cc3c(=O)c2c1. The average Bonchev–Trinajstić information content (AvgIpc) is 2.60. The van der Waals surface area contributed by atoms with Crippen molar-refractivity contribution in [2.24, 2.45) is 0 Å². The van der Waals surface area contributed by atoms with Crippen molar-refractivity contribution in [3.05, 3.63) is 51.7 Å². The van der Waals surface area contributed by atoms with E-state index in [-0.39, 0.29) is 38.2 Å². The maximum Gasteiger partial charge on any atom is 0.335 e. The lowest BCUT2D eigenvalue weighted by molar-refractivity contribution is 0.0697. The third-order valence-corrected chi connectivity index (χ3v) is 5.90. The summed E-state index contributed by atoms with van der Waals surface area (Å²) in [6, 6.07) is 7.06. The van der Waals surface area contributed by atoms with Crippen LogP contribution < -0.4 is 5.43 Å². The molecule has 3 aromatic rings. The predicted octanol–water partition coefficient (Wildman–Crippen LogP) is 3.00. The molecule has 25 heavy (non-hydrogen) atoms. The Hall–Kier alpha value is -2.67. The Kier molecular flexibility index (Phi) is 4.12. The van der Waals surface area contributed by atoms with Gasteiger partial charge in [0.15, 0.2) is 15.4 Å². The quantitative estimate of drug-likeness (QED) is 0.718. The van der Waals surface area contributed by atoms with Crippen LogP contribution in [0.4, 0.5) is 0 Å². The molecule has 0 atom stereocenters. The average molecular weight is 360 g/mol. The van der Waals surface area contributed by atoms with Gasteiger partial charge in [-0.05, 0) is 42.3 Å². The van der Waals surface area contributed by atoms with E-state index in [0.29, 0.717) is 12.0 Å². The van der Waals surface area contributed by atoms with E-state index in [1.807, 2.05) is 6.92 Å². The fourth-order valence-corrected chi connectivity index (χ4v) is 3.78. The van der Waals surface area contributed by atoms with Crippen molar-refractivity contribution in [2.45, 2.75) is 25.2 Å². The number of carbonyl (C=O) groups is 1. The standard InChI is InChI=1S/C18H16O6S/c1-3-10-7-13-16(19)12-9-11(18(20)21)5-6-14(12)24-17(13)15(8-10)25(22,23)4-2/h5-9H,3-4H2,1-2H3,(H,20,21). The molecule has 1 aromatic heterocycles. The van der Waals surface area contributed by atoms with Crippen LogP contribution in [0, 0.1) is 0 Å². The summed E-state index contributed by atoms with van der Waals surface area (Å²) in [5.41, 5.74) is 0.383. The highest BCUT2D eigenvalue weighted by Gasteiger charge is 2.21. The summed E-state index contributed by atoms with van der Waals surface area (Å²) in [6.45, 7) is 3.38. The van der Waals surface area contributed by atoms with Gasteiger partial charge in [0.05, 0.1) is 22.1 Å². The number of carboxylic acids is 1. The second kappa shape index (κ2) is 6.00. The van der Waals surface area contributed by atoms with Crippen molar-refractivity contribution in [1.82, 2.24) is 0 Å². The van der Waals surface area contributed by atoms with Crippen molar-refractivity contribution < 1.29 is 22.7 Å². The van der Waals surface area contributed by atoms with E-state index < -0.39 is 21.2 Å². The van der Waals surface area contributed by atoms with Crippen LogP contribution in [0.25, 0.3) is 21.9 Å². The summed E-state index contributed by atoms with van der Waals surface area (Å²) in [5, 5.41) is 9.35. The van der Waals surface area contributed by atoms with Crippen LogP contribution in [-0.2, 0) is 16.3 Å². The van der Waals surface area contributed by atoms with Gasteiger partial charge in [0.2, 0.25) is 5.43 Å². The van der Waals surface area contributed by atoms with Crippen LogP contribution in [-0.4, -0.2) is 25.2 Å². The molecule has 3 rings (SSSR count). The molecule has 0 saturated heterocycles. The molecule has 0 spiro atoms. The van der Waals surface area contributed by atoms with Gasteiger partial charge in [0.25, 0.3) is 0 Å². The Balaban J connectivity index is 2.52. The summed E-state index contributed by atoms with van der Waals surface area (Å²) < 4.78 is 30.6. The molecule has 6 nitrogen and oxygen atoms in total. The number of carboxylic acid groups (broad SMARTS) is 1. The van der Waals surface area contributed by atoms with Gasteiger partial charge < -0.3 is 9.52 Å². The summed E-state index contributed by atoms with van der Waals surface area (Å²) in [5.74, 6) is -1.27. The van der Waals surface area contributed by atoms with E-state index in [1.54, 1.807) is 6.07 Å². The maximum absolute atomic E-state index is 12.9. The smallest absolute Gasteiger partial charge is 0.335 e. The number of sulfone groups is 1. The van der Waals surface area contributed by atoms with Crippen LogP contribution in [0.3, 0.4) is 0 Å². The number of hydrogen-bond acceptors (Lipinski definition) is 5. The van der Waals surface area contributed by atoms with Gasteiger partial charge >= 0.3 is 5.97 Å². The van der Waals surface area contributed by atoms with Gasteiger partial charge in [-0.3, -0.25) is 4.79 Å². The summed E-state index contributed by atoms with van der Waals surface area (Å²) >= 11 is 0. The zero-order chi connectivity index (χ0) is 18.4. The summed E-state index contributed by atoms with van der Waals surface area (Å²) in [7, 11) is -3.59. The van der Waals surface area contributed by atoms with Gasteiger partial charge in [-0.2, -0.15) is 0 Å². The van der Waals surface area contributed by atoms with Crippen molar-refractivity contribution >= 4 is 37.7 Å². The molecule has 0 fully saturated rings. The number of benzene rings is 2. The molecule has 0 aliphatic rings. The molecule has 0 amide bonds. The van der Waals surface area contributed by atoms with Gasteiger partial charge in [-0.15, -0.1) is 0 Å². The van der Waals surface area contributed by atoms with Crippen molar-refractivity contribution in [2.75, 3.05) is 5.75 Å². The fourth-order valence-electron chi connectivity index (χ4n) is 2.71. The van der Waals surface area contributed by atoms with Crippen molar-refractivity contribution in [3.8, 4) is 0 Å². The van der Waals surface area contributed by atoms with Crippen LogP contribution in [0.15, 0.2) is 44.4 Å². The predicted molar refractivity (Wildman–Crippen MR) is 94.1 cm³/mol. The Labute approximate surface area is 143 Å². The first-order valence-electron chi connectivity index (χ1n) is 7.78. The van der Waals surface area contributed by atoms with Crippen molar-refractivity contribution in [3.63, 3.8) is 0 Å². The molecular weight excluding hydrogens is 344 g/mol. The Morgan fingerprint density at radius 3 is 2.44 bits per heavy atom. The van der Waals surface area contributed by atoms with Crippen LogP contribution in [0.1, 0.15) is 29.8 Å². The monoisotopic (exact) mass is 360 g/mol. The highest BCUT2D eigenvalue weighted by Crippen LogP contribution is 2.28. The molecule has 0 radical (unpaired) electrons. The normalized spacial score (nSPS) is 11.9. The number of hydrogen-bond donors (Lipinski definition) is 1. The number of aryl methyl sites for hydroxylation is 1. The minimum absolute atomic E-state index is 0.00865. The molecule has 0 aliphatic carbocycles. The van der Waals surface area contributed by atoms with E-state index in [0.717, 1.165) is 0 Å². The third kappa shape index (κ3) is 2.80. The van der Waals surface area contributed by atoms with Crippen LogP contribution >= 0.6 is 0 Å². The maximum atomic E-state index is 12.9. The van der Waals surface area contributed by atoms with Crippen molar-refractivity contribution in [1.29, 1.82) is 0 Å². The molecule has 0 bridgehead atoms. The lowest BCUT2D eigenvalue weighted by atomic mass is 10.1. The molecule has 130 valence electrons. The van der Waals surface area contributed by atoms with Crippen LogP contribution in [0.5, 0.6) is 0 Å². The van der Waals surface area contributed by atoms with Gasteiger partial charge in [-0.1, -0.05) is 13.8 Å². The second-order valence-corrected chi connectivity index (χ2v) is 7.92. The minimum Gasteiger partial charge on any atom is -0.478 e.